The molecule has 0 aliphatic carbocycles. The Hall–Kier alpha value is -2.76. The third-order valence-electron chi connectivity index (χ3n) is 4.53. The Balaban J connectivity index is 1.89. The van der Waals surface area contributed by atoms with E-state index in [9.17, 15) is 13.6 Å². The van der Waals surface area contributed by atoms with Crippen molar-refractivity contribution in [1.82, 2.24) is 14.9 Å². The largest absolute Gasteiger partial charge is 0.350 e. The quantitative estimate of drug-likeness (QED) is 0.746. The first kappa shape index (κ1) is 18.0. The van der Waals surface area contributed by atoms with Gasteiger partial charge in [0.25, 0.3) is 0 Å². The smallest absolute Gasteiger partial charge is 0.243 e. The number of benzene rings is 2. The van der Waals surface area contributed by atoms with E-state index in [0.29, 0.717) is 17.6 Å². The van der Waals surface area contributed by atoms with Crippen LogP contribution in [0.1, 0.15) is 31.0 Å². The molecule has 1 N–H and O–H groups in total. The maximum atomic E-state index is 13.7. The van der Waals surface area contributed by atoms with Gasteiger partial charge in [-0.15, -0.1) is 0 Å². The first-order valence-corrected chi connectivity index (χ1v) is 8.52. The summed E-state index contributed by atoms with van der Waals surface area (Å²) in [5.41, 5.74) is 2.85. The maximum absolute atomic E-state index is 13.7. The van der Waals surface area contributed by atoms with Gasteiger partial charge in [0.15, 0.2) is 11.6 Å². The van der Waals surface area contributed by atoms with Crippen molar-refractivity contribution in [3.63, 3.8) is 0 Å². The van der Waals surface area contributed by atoms with Crippen LogP contribution in [0, 0.1) is 24.5 Å². The van der Waals surface area contributed by atoms with Crippen LogP contribution in [0.2, 0.25) is 0 Å². The number of imidazole rings is 1. The number of hydrogen-bond acceptors (Lipinski definition) is 2. The Kier molecular flexibility index (Phi) is 5.02. The average molecular weight is 357 g/mol. The Morgan fingerprint density at radius 3 is 2.58 bits per heavy atom. The van der Waals surface area contributed by atoms with Gasteiger partial charge in [-0.2, -0.15) is 0 Å². The van der Waals surface area contributed by atoms with E-state index < -0.39 is 17.7 Å². The van der Waals surface area contributed by atoms with Gasteiger partial charge in [0.05, 0.1) is 17.4 Å². The number of fused-ring (bicyclic) bond motifs is 1. The van der Waals surface area contributed by atoms with E-state index in [1.54, 1.807) is 4.57 Å². The molecule has 136 valence electrons. The average Bonchev–Trinajstić information content (AvgIpc) is 2.97. The predicted molar refractivity (Wildman–Crippen MR) is 96.5 cm³/mol. The summed E-state index contributed by atoms with van der Waals surface area (Å²) in [6, 6.07) is 9.38. The highest BCUT2D eigenvalue weighted by Crippen LogP contribution is 2.25. The normalized spacial score (nSPS) is 12.5. The molecule has 0 aliphatic heterocycles. The monoisotopic (exact) mass is 357 g/mol. The number of aryl methyl sites for hydroxylation is 1. The minimum Gasteiger partial charge on any atom is -0.350 e. The molecule has 1 heterocycles. The molecular weight excluding hydrogens is 336 g/mol. The van der Waals surface area contributed by atoms with Crippen molar-refractivity contribution in [1.29, 1.82) is 0 Å². The molecular formula is C20H21F2N3O. The van der Waals surface area contributed by atoms with Crippen LogP contribution < -0.4 is 5.32 Å². The zero-order valence-electron chi connectivity index (χ0n) is 15.0. The molecule has 4 nitrogen and oxygen atoms in total. The van der Waals surface area contributed by atoms with Gasteiger partial charge in [-0.3, -0.25) is 4.79 Å². The molecule has 1 unspecified atom stereocenters. The molecule has 0 saturated heterocycles. The van der Waals surface area contributed by atoms with Crippen molar-refractivity contribution < 1.29 is 13.6 Å². The molecule has 3 rings (SSSR count). The van der Waals surface area contributed by atoms with Crippen LogP contribution in [0.15, 0.2) is 42.7 Å². The summed E-state index contributed by atoms with van der Waals surface area (Å²) in [7, 11) is 0. The van der Waals surface area contributed by atoms with Gasteiger partial charge >= 0.3 is 0 Å². The van der Waals surface area contributed by atoms with Crippen molar-refractivity contribution in [3.8, 4) is 0 Å². The fourth-order valence-corrected chi connectivity index (χ4v) is 3.09. The highest BCUT2D eigenvalue weighted by atomic mass is 19.2. The minimum atomic E-state index is -0.956. The van der Waals surface area contributed by atoms with Gasteiger partial charge in [-0.1, -0.05) is 38.1 Å². The number of nitrogens with zero attached hydrogens (tertiary/aromatic N) is 2. The van der Waals surface area contributed by atoms with Crippen molar-refractivity contribution >= 4 is 16.9 Å². The maximum Gasteiger partial charge on any atom is 0.243 e. The third-order valence-corrected chi connectivity index (χ3v) is 4.53. The standard InChI is InChI=1S/C20H21F2N3O/c1-12(2)19(20(26)23-10-14-7-5-4-6-13(14)3)25-11-24-17-8-15(21)16(22)9-18(17)25/h4-9,11-12,19H,10H2,1-3H3,(H,23,26). The third kappa shape index (κ3) is 3.45. The van der Waals surface area contributed by atoms with Crippen LogP contribution in [0.5, 0.6) is 0 Å². The topological polar surface area (TPSA) is 46.9 Å². The van der Waals surface area contributed by atoms with Crippen LogP contribution in [-0.2, 0) is 11.3 Å². The van der Waals surface area contributed by atoms with Crippen molar-refractivity contribution in [2.45, 2.75) is 33.4 Å². The molecule has 0 spiro atoms. The van der Waals surface area contributed by atoms with Gasteiger partial charge in [-0.05, 0) is 24.0 Å². The number of nitrogens with one attached hydrogen (secondary N) is 1. The van der Waals surface area contributed by atoms with E-state index >= 15 is 0 Å². The highest BCUT2D eigenvalue weighted by molar-refractivity contribution is 5.84. The molecule has 2 aromatic carbocycles. The highest BCUT2D eigenvalue weighted by Gasteiger charge is 2.26. The Bertz CT molecular complexity index is 949. The summed E-state index contributed by atoms with van der Waals surface area (Å²) in [6.45, 7) is 6.21. The molecule has 0 saturated carbocycles. The number of rotatable bonds is 5. The molecule has 0 fully saturated rings. The molecule has 3 aromatic rings. The van der Waals surface area contributed by atoms with Crippen molar-refractivity contribution in [2.24, 2.45) is 5.92 Å². The van der Waals surface area contributed by atoms with Gasteiger partial charge in [0.1, 0.15) is 6.04 Å². The Morgan fingerprint density at radius 1 is 1.19 bits per heavy atom. The second-order valence-corrected chi connectivity index (χ2v) is 6.74. The van der Waals surface area contributed by atoms with Crippen LogP contribution in [-0.4, -0.2) is 15.5 Å². The fourth-order valence-electron chi connectivity index (χ4n) is 3.09. The summed E-state index contributed by atoms with van der Waals surface area (Å²) in [5, 5.41) is 2.94. The molecule has 1 aromatic heterocycles. The van der Waals surface area contributed by atoms with Gasteiger partial charge in [-0.25, -0.2) is 13.8 Å². The van der Waals surface area contributed by atoms with Gasteiger partial charge in [0.2, 0.25) is 5.91 Å². The lowest BCUT2D eigenvalue weighted by molar-refractivity contribution is -0.125. The van der Waals surface area contributed by atoms with Crippen LogP contribution in [0.25, 0.3) is 11.0 Å². The van der Waals surface area contributed by atoms with Gasteiger partial charge in [0, 0.05) is 18.7 Å². The number of halogens is 2. The molecule has 26 heavy (non-hydrogen) atoms. The summed E-state index contributed by atoms with van der Waals surface area (Å²) in [6.07, 6.45) is 1.46. The van der Waals surface area contributed by atoms with E-state index in [0.717, 1.165) is 23.3 Å². The van der Waals surface area contributed by atoms with Crippen LogP contribution >= 0.6 is 0 Å². The molecule has 0 bridgehead atoms. The number of carbonyl (C=O) groups is 1. The molecule has 1 amide bonds. The zero-order chi connectivity index (χ0) is 18.8. The molecule has 6 heteroatoms. The Labute approximate surface area is 150 Å². The van der Waals surface area contributed by atoms with E-state index in [2.05, 4.69) is 10.3 Å². The predicted octanol–water partition coefficient (Wildman–Crippen LogP) is 4.14. The van der Waals surface area contributed by atoms with Crippen molar-refractivity contribution in [2.75, 3.05) is 0 Å². The number of amides is 1. The van der Waals surface area contributed by atoms with E-state index in [4.69, 9.17) is 0 Å². The van der Waals surface area contributed by atoms with Crippen LogP contribution in [0.3, 0.4) is 0 Å². The van der Waals surface area contributed by atoms with Crippen molar-refractivity contribution in [3.05, 3.63) is 65.5 Å². The first-order valence-electron chi connectivity index (χ1n) is 8.52. The summed E-state index contributed by atoms with van der Waals surface area (Å²) >= 11 is 0. The number of aromatic nitrogens is 2. The molecule has 1 atom stereocenters. The van der Waals surface area contributed by atoms with E-state index in [1.807, 2.05) is 45.0 Å². The molecule has 0 aliphatic rings. The fraction of sp³-hybridized carbons (Fsp3) is 0.300. The van der Waals surface area contributed by atoms with E-state index in [1.165, 1.54) is 6.33 Å². The summed E-state index contributed by atoms with van der Waals surface area (Å²) in [4.78, 5) is 17.0. The van der Waals surface area contributed by atoms with Gasteiger partial charge < -0.3 is 9.88 Å². The second-order valence-electron chi connectivity index (χ2n) is 6.74. The summed E-state index contributed by atoms with van der Waals surface area (Å²) < 4.78 is 28.7. The number of hydrogen-bond donors (Lipinski definition) is 1. The Morgan fingerprint density at radius 2 is 1.88 bits per heavy atom. The zero-order valence-corrected chi connectivity index (χ0v) is 15.0. The minimum absolute atomic E-state index is 0.0580. The second kappa shape index (κ2) is 7.23. The lowest BCUT2D eigenvalue weighted by Crippen LogP contribution is -2.35. The SMILES string of the molecule is Cc1ccccc1CNC(=O)C(C(C)C)n1cnc2cc(F)c(F)cc21. The first-order chi connectivity index (χ1) is 12.4. The lowest BCUT2D eigenvalue weighted by Gasteiger charge is -2.23. The number of carbonyl (C=O) groups excluding carboxylic acids is 1. The lowest BCUT2D eigenvalue weighted by atomic mass is 10.0. The summed E-state index contributed by atoms with van der Waals surface area (Å²) in [5.74, 6) is -2.15. The molecule has 0 radical (unpaired) electrons. The van der Waals surface area contributed by atoms with Crippen LogP contribution in [0.4, 0.5) is 8.78 Å². The van der Waals surface area contributed by atoms with E-state index in [-0.39, 0.29) is 11.8 Å².